The Balaban J connectivity index is 2.89. The van der Waals surface area contributed by atoms with Crippen LogP contribution in [0.4, 0.5) is 11.4 Å². The van der Waals surface area contributed by atoms with Crippen molar-refractivity contribution in [2.75, 3.05) is 30.3 Å². The van der Waals surface area contributed by atoms with Crippen LogP contribution in [0, 0.1) is 0 Å². The number of nitrogens with two attached hydrogens (primary N) is 1. The van der Waals surface area contributed by atoms with Crippen molar-refractivity contribution < 1.29 is 20.1 Å². The molecule has 0 heterocycles. The van der Waals surface area contributed by atoms with Crippen LogP contribution in [0.5, 0.6) is 0 Å². The molecule has 1 rings (SSSR count). The van der Waals surface area contributed by atoms with Crippen LogP contribution in [0.15, 0.2) is 24.3 Å². The van der Waals surface area contributed by atoms with Crippen molar-refractivity contribution in [3.63, 3.8) is 0 Å². The second-order valence-corrected chi connectivity index (χ2v) is 3.67. The van der Waals surface area contributed by atoms with Gasteiger partial charge in [0.1, 0.15) is 6.54 Å². The van der Waals surface area contributed by atoms with Gasteiger partial charge in [-0.1, -0.05) is 12.1 Å². The van der Waals surface area contributed by atoms with Crippen molar-refractivity contribution in [2.24, 2.45) is 0 Å². The molecule has 1 unspecified atom stereocenters. The number of carbonyl (C=O) groups is 1. The van der Waals surface area contributed by atoms with E-state index in [0.29, 0.717) is 11.4 Å². The van der Waals surface area contributed by atoms with Crippen molar-refractivity contribution in [3.8, 4) is 0 Å². The van der Waals surface area contributed by atoms with E-state index in [1.807, 2.05) is 0 Å². The van der Waals surface area contributed by atoms with E-state index in [4.69, 9.17) is 15.9 Å². The first-order valence-electron chi connectivity index (χ1n) is 5.14. The molecule has 0 saturated carbocycles. The van der Waals surface area contributed by atoms with E-state index in [-0.39, 0.29) is 13.1 Å². The maximum absolute atomic E-state index is 10.7. The van der Waals surface area contributed by atoms with Crippen LogP contribution in [0.25, 0.3) is 0 Å². The van der Waals surface area contributed by atoms with E-state index in [9.17, 15) is 9.90 Å². The van der Waals surface area contributed by atoms with Crippen molar-refractivity contribution in [1.82, 2.24) is 0 Å². The van der Waals surface area contributed by atoms with Gasteiger partial charge in [0.05, 0.1) is 24.1 Å². The average Bonchev–Trinajstić information content (AvgIpc) is 2.28. The highest BCUT2D eigenvalue weighted by Gasteiger charge is 2.16. The number of carboxylic acid groups (broad SMARTS) is 1. The minimum absolute atomic E-state index is 0.0109. The Hall–Kier alpha value is -1.79. The van der Waals surface area contributed by atoms with Gasteiger partial charge in [0.2, 0.25) is 0 Å². The van der Waals surface area contributed by atoms with E-state index in [1.54, 1.807) is 24.3 Å². The zero-order chi connectivity index (χ0) is 12.8. The van der Waals surface area contributed by atoms with Gasteiger partial charge in [0.15, 0.2) is 0 Å². The normalized spacial score (nSPS) is 12.1. The summed E-state index contributed by atoms with van der Waals surface area (Å²) in [5, 5.41) is 26.9. The second kappa shape index (κ2) is 6.07. The molecule has 0 aromatic heterocycles. The molecule has 0 aliphatic carbocycles. The molecule has 0 radical (unpaired) electrons. The molecule has 0 spiro atoms. The highest BCUT2D eigenvalue weighted by Crippen LogP contribution is 2.22. The van der Waals surface area contributed by atoms with Gasteiger partial charge in [0.25, 0.3) is 0 Å². The van der Waals surface area contributed by atoms with Gasteiger partial charge < -0.3 is 26.0 Å². The first kappa shape index (κ1) is 13.3. The summed E-state index contributed by atoms with van der Waals surface area (Å²) in [6.45, 7) is -0.703. The lowest BCUT2D eigenvalue weighted by Gasteiger charge is -2.26. The summed E-state index contributed by atoms with van der Waals surface area (Å²) in [6.07, 6.45) is -1.01. The maximum Gasteiger partial charge on any atom is 0.323 e. The first-order valence-corrected chi connectivity index (χ1v) is 5.14. The van der Waals surface area contributed by atoms with E-state index < -0.39 is 18.7 Å². The fourth-order valence-electron chi connectivity index (χ4n) is 1.50. The number of nitrogen functional groups attached to an aromatic ring is 1. The van der Waals surface area contributed by atoms with Crippen molar-refractivity contribution in [2.45, 2.75) is 6.10 Å². The predicted octanol–water partition coefficient (Wildman–Crippen LogP) is -0.487. The van der Waals surface area contributed by atoms with Gasteiger partial charge in [-0.15, -0.1) is 0 Å². The van der Waals surface area contributed by atoms with E-state index in [2.05, 4.69) is 0 Å². The Labute approximate surface area is 98.9 Å². The summed E-state index contributed by atoms with van der Waals surface area (Å²) in [5.74, 6) is -1.03. The molecule has 1 aromatic rings. The molecule has 5 N–H and O–H groups in total. The quantitative estimate of drug-likeness (QED) is 0.500. The lowest BCUT2D eigenvalue weighted by atomic mass is 10.2. The molecule has 0 saturated heterocycles. The Bertz CT molecular complexity index is 383. The molecule has 6 nitrogen and oxygen atoms in total. The number of para-hydroxylation sites is 2. The molecule has 0 fully saturated rings. The predicted molar refractivity (Wildman–Crippen MR) is 63.8 cm³/mol. The Morgan fingerprint density at radius 3 is 2.59 bits per heavy atom. The number of nitrogens with zero attached hydrogens (tertiary/aromatic N) is 1. The number of aliphatic hydroxyl groups excluding tert-OH is 2. The number of benzene rings is 1. The number of aliphatic carboxylic acids is 1. The molecule has 1 atom stereocenters. The summed E-state index contributed by atoms with van der Waals surface area (Å²) in [4.78, 5) is 12.2. The molecule has 0 bridgehead atoms. The van der Waals surface area contributed by atoms with Crippen molar-refractivity contribution in [1.29, 1.82) is 0 Å². The summed E-state index contributed by atoms with van der Waals surface area (Å²) in [7, 11) is 0. The maximum atomic E-state index is 10.7. The summed E-state index contributed by atoms with van der Waals surface area (Å²) >= 11 is 0. The molecule has 6 heteroatoms. The lowest BCUT2D eigenvalue weighted by molar-refractivity contribution is -0.135. The van der Waals surface area contributed by atoms with Crippen LogP contribution in [0.3, 0.4) is 0 Å². The number of carboxylic acids is 1. The van der Waals surface area contributed by atoms with Crippen LogP contribution in [0.1, 0.15) is 0 Å². The number of hydrogen-bond acceptors (Lipinski definition) is 5. The van der Waals surface area contributed by atoms with Crippen molar-refractivity contribution in [3.05, 3.63) is 24.3 Å². The smallest absolute Gasteiger partial charge is 0.323 e. The van der Waals surface area contributed by atoms with Gasteiger partial charge in [-0.2, -0.15) is 0 Å². The second-order valence-electron chi connectivity index (χ2n) is 3.67. The highest BCUT2D eigenvalue weighted by atomic mass is 16.4. The molecule has 94 valence electrons. The lowest BCUT2D eigenvalue weighted by Crippen LogP contribution is -2.38. The molecule has 0 aliphatic rings. The van der Waals surface area contributed by atoms with Crippen LogP contribution in [0.2, 0.25) is 0 Å². The fourth-order valence-corrected chi connectivity index (χ4v) is 1.50. The van der Waals surface area contributed by atoms with Gasteiger partial charge in [-0.05, 0) is 12.1 Å². The first-order chi connectivity index (χ1) is 8.04. The van der Waals surface area contributed by atoms with Crippen molar-refractivity contribution >= 4 is 17.3 Å². The molecular weight excluding hydrogens is 224 g/mol. The third-order valence-electron chi connectivity index (χ3n) is 2.25. The molecular formula is C11H16N2O4. The van der Waals surface area contributed by atoms with Gasteiger partial charge in [-0.25, -0.2) is 0 Å². The average molecular weight is 240 g/mol. The largest absolute Gasteiger partial charge is 0.480 e. The number of rotatable bonds is 6. The fraction of sp³-hybridized carbons (Fsp3) is 0.364. The Morgan fingerprint density at radius 2 is 2.06 bits per heavy atom. The van der Waals surface area contributed by atoms with Crippen LogP contribution in [-0.2, 0) is 4.79 Å². The molecule has 17 heavy (non-hydrogen) atoms. The van der Waals surface area contributed by atoms with Crippen LogP contribution < -0.4 is 10.6 Å². The summed E-state index contributed by atoms with van der Waals surface area (Å²) < 4.78 is 0. The number of anilines is 2. The highest BCUT2D eigenvalue weighted by molar-refractivity contribution is 5.77. The van der Waals surface area contributed by atoms with Crippen LogP contribution >= 0.6 is 0 Å². The summed E-state index contributed by atoms with van der Waals surface area (Å²) in [5.41, 5.74) is 6.70. The zero-order valence-corrected chi connectivity index (χ0v) is 9.28. The van der Waals surface area contributed by atoms with Gasteiger partial charge in [0, 0.05) is 6.54 Å². The van der Waals surface area contributed by atoms with Gasteiger partial charge in [-0.3, -0.25) is 4.79 Å². The Morgan fingerprint density at radius 1 is 1.41 bits per heavy atom. The number of hydrogen-bond donors (Lipinski definition) is 4. The van der Waals surface area contributed by atoms with Gasteiger partial charge >= 0.3 is 5.97 Å². The minimum atomic E-state index is -1.03. The van der Waals surface area contributed by atoms with E-state index in [1.165, 1.54) is 4.90 Å². The summed E-state index contributed by atoms with van der Waals surface area (Å²) in [6, 6.07) is 6.78. The standard InChI is InChI=1S/C11H16N2O4/c12-9-3-1-2-4-10(9)13(6-11(16)17)5-8(15)7-14/h1-4,8,14-15H,5-7,12H2,(H,16,17). The third kappa shape index (κ3) is 3.93. The SMILES string of the molecule is Nc1ccccc1N(CC(=O)O)CC(O)CO. The third-order valence-corrected chi connectivity index (χ3v) is 2.25. The molecule has 0 amide bonds. The zero-order valence-electron chi connectivity index (χ0n) is 9.28. The van der Waals surface area contributed by atoms with E-state index >= 15 is 0 Å². The Kier molecular flexibility index (Phi) is 4.74. The molecule has 1 aromatic carbocycles. The monoisotopic (exact) mass is 240 g/mol. The van der Waals surface area contributed by atoms with Crippen LogP contribution in [-0.4, -0.2) is 47.1 Å². The minimum Gasteiger partial charge on any atom is -0.480 e. The topological polar surface area (TPSA) is 107 Å². The number of aliphatic hydroxyl groups is 2. The van der Waals surface area contributed by atoms with E-state index in [0.717, 1.165) is 0 Å². The molecule has 0 aliphatic heterocycles.